The lowest BCUT2D eigenvalue weighted by atomic mass is 10.0. The van der Waals surface area contributed by atoms with Crippen LogP contribution in [0.25, 0.3) is 0 Å². The van der Waals surface area contributed by atoms with E-state index in [-0.39, 0.29) is 6.04 Å². The van der Waals surface area contributed by atoms with Crippen molar-refractivity contribution in [2.45, 2.75) is 25.1 Å². The molecule has 6 heteroatoms. The van der Waals surface area contributed by atoms with E-state index in [9.17, 15) is 0 Å². The van der Waals surface area contributed by atoms with Crippen LogP contribution in [0.4, 0.5) is 5.82 Å². The summed E-state index contributed by atoms with van der Waals surface area (Å²) in [5, 5.41) is 4.04. The van der Waals surface area contributed by atoms with E-state index in [1.54, 1.807) is 18.1 Å². The molecule has 0 aliphatic carbocycles. The Kier molecular flexibility index (Phi) is 6.96. The third-order valence-electron chi connectivity index (χ3n) is 4.10. The summed E-state index contributed by atoms with van der Waals surface area (Å²) < 4.78 is 5.96. The second-order valence-electron chi connectivity index (χ2n) is 6.01. The van der Waals surface area contributed by atoms with Crippen molar-refractivity contribution >= 4 is 29.2 Å². The van der Waals surface area contributed by atoms with Crippen LogP contribution in [0.15, 0.2) is 60.9 Å². The fraction of sp³-hybridized carbons (Fsp3) is 0.238. The largest absolute Gasteiger partial charge is 0.457 e. The van der Waals surface area contributed by atoms with Crippen LogP contribution in [0.3, 0.4) is 0 Å². The van der Waals surface area contributed by atoms with Crippen molar-refractivity contribution in [3.8, 4) is 11.5 Å². The first-order valence-corrected chi connectivity index (χ1v) is 10.6. The summed E-state index contributed by atoms with van der Waals surface area (Å²) in [6.07, 6.45) is 4.47. The molecule has 1 unspecified atom stereocenters. The maximum atomic E-state index is 6.49. The number of hydrogen-bond acceptors (Lipinski definition) is 5. The zero-order valence-electron chi connectivity index (χ0n) is 15.4. The Morgan fingerprint density at radius 1 is 1.07 bits per heavy atom. The molecule has 1 aromatic heterocycles. The second kappa shape index (κ2) is 9.62. The molecule has 0 spiro atoms. The molecule has 0 radical (unpaired) electrons. The number of para-hydroxylation sites is 1. The molecular formula is C21H22ClN3OS. The predicted octanol–water partition coefficient (Wildman–Crippen LogP) is 6.35. The Hall–Kier alpha value is -2.24. The summed E-state index contributed by atoms with van der Waals surface area (Å²) in [6, 6.07) is 17.9. The first-order chi connectivity index (χ1) is 13.2. The Balaban J connectivity index is 1.80. The van der Waals surface area contributed by atoms with Gasteiger partial charge in [-0.1, -0.05) is 48.9 Å². The Bertz CT molecular complexity index is 876. The van der Waals surface area contributed by atoms with Gasteiger partial charge in [0, 0.05) is 5.75 Å². The fourth-order valence-corrected chi connectivity index (χ4v) is 3.54. The van der Waals surface area contributed by atoms with Gasteiger partial charge in [0.1, 0.15) is 28.7 Å². The Labute approximate surface area is 169 Å². The van der Waals surface area contributed by atoms with Crippen LogP contribution in [-0.4, -0.2) is 16.2 Å². The topological polar surface area (TPSA) is 47.0 Å². The molecule has 140 valence electrons. The van der Waals surface area contributed by atoms with Gasteiger partial charge < -0.3 is 10.1 Å². The van der Waals surface area contributed by atoms with Crippen LogP contribution >= 0.6 is 23.4 Å². The van der Waals surface area contributed by atoms with Crippen molar-refractivity contribution in [2.24, 2.45) is 0 Å². The molecule has 0 aliphatic rings. The van der Waals surface area contributed by atoms with Gasteiger partial charge in [-0.15, -0.1) is 0 Å². The number of benzene rings is 2. The van der Waals surface area contributed by atoms with E-state index in [0.717, 1.165) is 34.9 Å². The van der Waals surface area contributed by atoms with Gasteiger partial charge in [0.15, 0.2) is 0 Å². The molecule has 1 N–H and O–H groups in total. The van der Waals surface area contributed by atoms with Crippen LogP contribution in [0.2, 0.25) is 5.02 Å². The minimum absolute atomic E-state index is 0.0684. The molecule has 3 rings (SSSR count). The lowest BCUT2D eigenvalue weighted by Crippen LogP contribution is -2.12. The highest BCUT2D eigenvalue weighted by molar-refractivity contribution is 7.97. The van der Waals surface area contributed by atoms with Crippen molar-refractivity contribution in [2.75, 3.05) is 11.6 Å². The molecule has 2 aromatic carbocycles. The highest BCUT2D eigenvalue weighted by Gasteiger charge is 2.15. The van der Waals surface area contributed by atoms with E-state index in [4.69, 9.17) is 16.3 Å². The summed E-state index contributed by atoms with van der Waals surface area (Å²) in [7, 11) is 0. The number of ether oxygens (including phenoxy) is 1. The van der Waals surface area contributed by atoms with Crippen molar-refractivity contribution in [1.82, 2.24) is 9.97 Å². The third kappa shape index (κ3) is 5.15. The molecule has 1 atom stereocenters. The maximum Gasteiger partial charge on any atom is 0.149 e. The molecule has 0 aliphatic heterocycles. The number of halogens is 1. The van der Waals surface area contributed by atoms with E-state index in [1.807, 2.05) is 54.8 Å². The average molecular weight is 400 g/mol. The van der Waals surface area contributed by atoms with Gasteiger partial charge >= 0.3 is 0 Å². The molecule has 0 saturated heterocycles. The number of anilines is 1. The van der Waals surface area contributed by atoms with Gasteiger partial charge in [-0.3, -0.25) is 0 Å². The molecular weight excluding hydrogens is 378 g/mol. The van der Waals surface area contributed by atoms with Crippen molar-refractivity contribution < 1.29 is 4.74 Å². The standard InChI is InChI=1S/C21H22ClN3OS/c1-3-18(25-21-20(22)19(13-27-2)23-14-24-21)15-8-7-11-17(12-15)26-16-9-5-4-6-10-16/h4-12,14,18H,3,13H2,1-2H3,(H,23,24,25). The quantitative estimate of drug-likeness (QED) is 0.478. The zero-order chi connectivity index (χ0) is 19.1. The van der Waals surface area contributed by atoms with Crippen LogP contribution < -0.4 is 10.1 Å². The smallest absolute Gasteiger partial charge is 0.149 e. The van der Waals surface area contributed by atoms with E-state index >= 15 is 0 Å². The van der Waals surface area contributed by atoms with E-state index < -0.39 is 0 Å². The normalized spacial score (nSPS) is 11.8. The summed E-state index contributed by atoms with van der Waals surface area (Å²) in [6.45, 7) is 2.13. The fourth-order valence-electron chi connectivity index (χ4n) is 2.75. The monoisotopic (exact) mass is 399 g/mol. The number of nitrogens with one attached hydrogen (secondary N) is 1. The van der Waals surface area contributed by atoms with Crippen LogP contribution in [0.1, 0.15) is 30.6 Å². The molecule has 0 saturated carbocycles. The molecule has 0 fully saturated rings. The van der Waals surface area contributed by atoms with Crippen LogP contribution in [-0.2, 0) is 5.75 Å². The molecule has 1 heterocycles. The van der Waals surface area contributed by atoms with Gasteiger partial charge in [-0.2, -0.15) is 11.8 Å². The number of nitrogens with zero attached hydrogens (tertiary/aromatic N) is 2. The first-order valence-electron chi connectivity index (χ1n) is 8.79. The number of thioether (sulfide) groups is 1. The van der Waals surface area contributed by atoms with E-state index in [0.29, 0.717) is 10.8 Å². The average Bonchev–Trinajstić information content (AvgIpc) is 2.70. The summed E-state index contributed by atoms with van der Waals surface area (Å²) in [5.74, 6) is 3.04. The highest BCUT2D eigenvalue weighted by atomic mass is 35.5. The lowest BCUT2D eigenvalue weighted by Gasteiger charge is -2.20. The van der Waals surface area contributed by atoms with Crippen LogP contribution in [0, 0.1) is 0 Å². The van der Waals surface area contributed by atoms with Crippen molar-refractivity contribution in [1.29, 1.82) is 0 Å². The minimum atomic E-state index is 0.0684. The van der Waals surface area contributed by atoms with Gasteiger partial charge in [-0.05, 0) is 42.5 Å². The molecule has 0 bridgehead atoms. The maximum absolute atomic E-state index is 6.49. The number of aromatic nitrogens is 2. The van der Waals surface area contributed by atoms with Gasteiger partial charge in [0.25, 0.3) is 0 Å². The second-order valence-corrected chi connectivity index (χ2v) is 7.25. The van der Waals surface area contributed by atoms with Crippen molar-refractivity contribution in [3.63, 3.8) is 0 Å². The third-order valence-corrected chi connectivity index (χ3v) is 5.06. The Morgan fingerprint density at radius 2 is 1.85 bits per heavy atom. The predicted molar refractivity (Wildman–Crippen MR) is 114 cm³/mol. The lowest BCUT2D eigenvalue weighted by molar-refractivity contribution is 0.481. The first kappa shape index (κ1) is 19.5. The summed E-state index contributed by atoms with van der Waals surface area (Å²) >= 11 is 8.17. The zero-order valence-corrected chi connectivity index (χ0v) is 16.9. The van der Waals surface area contributed by atoms with Gasteiger partial charge in [-0.25, -0.2) is 9.97 Å². The Morgan fingerprint density at radius 3 is 2.59 bits per heavy atom. The minimum Gasteiger partial charge on any atom is -0.457 e. The van der Waals surface area contributed by atoms with Gasteiger partial charge in [0.2, 0.25) is 0 Å². The van der Waals surface area contributed by atoms with Crippen molar-refractivity contribution in [3.05, 3.63) is 77.2 Å². The van der Waals surface area contributed by atoms with Gasteiger partial charge in [0.05, 0.1) is 11.7 Å². The summed E-state index contributed by atoms with van der Waals surface area (Å²) in [4.78, 5) is 8.60. The molecule has 0 amide bonds. The summed E-state index contributed by atoms with van der Waals surface area (Å²) in [5.41, 5.74) is 1.96. The number of hydrogen-bond donors (Lipinski definition) is 1. The molecule has 4 nitrogen and oxygen atoms in total. The van der Waals surface area contributed by atoms with E-state index in [1.165, 1.54) is 0 Å². The van der Waals surface area contributed by atoms with E-state index in [2.05, 4.69) is 28.3 Å². The molecule has 3 aromatic rings. The molecule has 27 heavy (non-hydrogen) atoms. The highest BCUT2D eigenvalue weighted by Crippen LogP contribution is 2.31. The SMILES string of the molecule is CCC(Nc1ncnc(CSC)c1Cl)c1cccc(Oc2ccccc2)c1. The van der Waals surface area contributed by atoms with Crippen LogP contribution in [0.5, 0.6) is 11.5 Å². The number of rotatable bonds is 8.